The van der Waals surface area contributed by atoms with E-state index in [2.05, 4.69) is 60.6 Å². The average molecular weight is 370 g/mol. The summed E-state index contributed by atoms with van der Waals surface area (Å²) in [5, 5.41) is 6.78. The van der Waals surface area contributed by atoms with Crippen LogP contribution in [0.1, 0.15) is 58.4 Å². The number of benzene rings is 1. The summed E-state index contributed by atoms with van der Waals surface area (Å²) in [6, 6.07) is 9.38. The molecule has 27 heavy (non-hydrogen) atoms. The Bertz CT molecular complexity index is 662. The van der Waals surface area contributed by atoms with Crippen molar-refractivity contribution >= 4 is 11.6 Å². The van der Waals surface area contributed by atoms with Gasteiger partial charge in [-0.15, -0.1) is 0 Å². The summed E-state index contributed by atoms with van der Waals surface area (Å²) in [7, 11) is 0. The second-order valence-corrected chi connectivity index (χ2v) is 9.94. The van der Waals surface area contributed by atoms with Crippen LogP contribution in [-0.2, 0) is 10.2 Å². The zero-order valence-corrected chi connectivity index (χ0v) is 17.2. The van der Waals surface area contributed by atoms with Crippen LogP contribution in [-0.4, -0.2) is 38.1 Å². The van der Waals surface area contributed by atoms with E-state index in [1.54, 1.807) is 0 Å². The highest BCUT2D eigenvalue weighted by atomic mass is 16.2. The first kappa shape index (κ1) is 18.8. The van der Waals surface area contributed by atoms with Gasteiger partial charge in [0.1, 0.15) is 0 Å². The summed E-state index contributed by atoms with van der Waals surface area (Å²) in [4.78, 5) is 15.1. The maximum absolute atomic E-state index is 12.7. The quantitative estimate of drug-likeness (QED) is 0.858. The van der Waals surface area contributed by atoms with Crippen molar-refractivity contribution in [2.24, 2.45) is 11.3 Å². The molecule has 1 saturated carbocycles. The van der Waals surface area contributed by atoms with Crippen LogP contribution in [0.25, 0.3) is 0 Å². The molecule has 4 nitrogen and oxygen atoms in total. The number of anilines is 1. The Morgan fingerprint density at radius 3 is 2.33 bits per heavy atom. The molecule has 1 amide bonds. The van der Waals surface area contributed by atoms with Crippen molar-refractivity contribution in [3.63, 3.8) is 0 Å². The van der Waals surface area contributed by atoms with Gasteiger partial charge in [0.15, 0.2) is 0 Å². The molecular weight excluding hydrogens is 334 g/mol. The molecule has 1 atom stereocenters. The maximum atomic E-state index is 12.7. The predicted octanol–water partition coefficient (Wildman–Crippen LogP) is 3.46. The van der Waals surface area contributed by atoms with Crippen LogP contribution in [0.2, 0.25) is 0 Å². The lowest BCUT2D eigenvalue weighted by Gasteiger charge is -2.34. The minimum atomic E-state index is 0.199. The van der Waals surface area contributed by atoms with Gasteiger partial charge < -0.3 is 15.5 Å². The highest BCUT2D eigenvalue weighted by Crippen LogP contribution is 2.58. The molecule has 2 aliphatic heterocycles. The number of carbonyl (C=O) groups is 1. The number of amides is 1. The zero-order valence-electron chi connectivity index (χ0n) is 17.2. The first-order valence-electron chi connectivity index (χ1n) is 10.7. The largest absolute Gasteiger partial charge is 0.371 e. The summed E-state index contributed by atoms with van der Waals surface area (Å²) in [6.07, 6.45) is 5.56. The SMILES string of the molecule is CC(C)(C)c1ccc(N2CCC(NC(=O)C3CC34CCNCC4)CC2)cc1. The molecule has 2 N–H and O–H groups in total. The second-order valence-electron chi connectivity index (χ2n) is 9.94. The van der Waals surface area contributed by atoms with Gasteiger partial charge >= 0.3 is 0 Å². The Labute approximate surface area is 164 Å². The number of carbonyl (C=O) groups excluding carboxylic acids is 1. The Kier molecular flexibility index (Phi) is 4.96. The number of hydrogen-bond acceptors (Lipinski definition) is 3. The van der Waals surface area contributed by atoms with Crippen molar-refractivity contribution in [3.05, 3.63) is 29.8 Å². The van der Waals surface area contributed by atoms with Crippen LogP contribution in [0.4, 0.5) is 5.69 Å². The van der Waals surface area contributed by atoms with E-state index >= 15 is 0 Å². The summed E-state index contributed by atoms with van der Waals surface area (Å²) in [5.41, 5.74) is 3.23. The van der Waals surface area contributed by atoms with Crippen molar-refractivity contribution in [2.45, 2.75) is 64.3 Å². The molecule has 0 aromatic heterocycles. The average Bonchev–Trinajstić information content (AvgIpc) is 3.35. The summed E-state index contributed by atoms with van der Waals surface area (Å²) >= 11 is 0. The molecule has 1 aliphatic carbocycles. The van der Waals surface area contributed by atoms with Gasteiger partial charge in [0.25, 0.3) is 0 Å². The van der Waals surface area contributed by atoms with Gasteiger partial charge in [0.2, 0.25) is 5.91 Å². The minimum absolute atomic E-state index is 0.199. The van der Waals surface area contributed by atoms with Crippen molar-refractivity contribution in [1.82, 2.24) is 10.6 Å². The lowest BCUT2D eigenvalue weighted by atomic mass is 9.87. The number of hydrogen-bond donors (Lipinski definition) is 2. The number of piperidine rings is 2. The van der Waals surface area contributed by atoms with E-state index in [9.17, 15) is 4.79 Å². The zero-order chi connectivity index (χ0) is 19.1. The third-order valence-corrected chi connectivity index (χ3v) is 7.05. The van der Waals surface area contributed by atoms with Crippen LogP contribution in [0.5, 0.6) is 0 Å². The molecule has 1 unspecified atom stereocenters. The molecule has 3 aliphatic rings. The van der Waals surface area contributed by atoms with Gasteiger partial charge in [-0.05, 0) is 73.7 Å². The monoisotopic (exact) mass is 369 g/mol. The third-order valence-electron chi connectivity index (χ3n) is 7.05. The Balaban J connectivity index is 1.26. The molecule has 3 fully saturated rings. The van der Waals surface area contributed by atoms with Crippen molar-refractivity contribution in [1.29, 1.82) is 0 Å². The van der Waals surface area contributed by atoms with Crippen molar-refractivity contribution in [2.75, 3.05) is 31.1 Å². The maximum Gasteiger partial charge on any atom is 0.223 e. The van der Waals surface area contributed by atoms with E-state index < -0.39 is 0 Å². The van der Waals surface area contributed by atoms with Crippen molar-refractivity contribution < 1.29 is 4.79 Å². The van der Waals surface area contributed by atoms with Crippen LogP contribution in [0.3, 0.4) is 0 Å². The van der Waals surface area contributed by atoms with Gasteiger partial charge in [0, 0.05) is 30.7 Å². The molecule has 1 aromatic rings. The molecular formula is C23H35N3O. The van der Waals surface area contributed by atoms with Crippen LogP contribution in [0, 0.1) is 11.3 Å². The fraction of sp³-hybridized carbons (Fsp3) is 0.696. The summed E-state index contributed by atoms with van der Waals surface area (Å²) in [5.74, 6) is 0.604. The molecule has 148 valence electrons. The molecule has 2 heterocycles. The fourth-order valence-corrected chi connectivity index (χ4v) is 4.95. The Morgan fingerprint density at radius 2 is 1.74 bits per heavy atom. The Morgan fingerprint density at radius 1 is 1.11 bits per heavy atom. The normalized spacial score (nSPS) is 25.4. The second kappa shape index (κ2) is 7.12. The number of nitrogens with one attached hydrogen (secondary N) is 2. The summed E-state index contributed by atoms with van der Waals surface area (Å²) in [6.45, 7) is 11.0. The smallest absolute Gasteiger partial charge is 0.223 e. The topological polar surface area (TPSA) is 44.4 Å². The highest BCUT2D eigenvalue weighted by Gasteiger charge is 2.57. The van der Waals surface area contributed by atoms with E-state index in [1.807, 2.05) is 0 Å². The van der Waals surface area contributed by atoms with Crippen LogP contribution >= 0.6 is 0 Å². The molecule has 4 rings (SSSR count). The molecule has 0 bridgehead atoms. The highest BCUT2D eigenvalue weighted by molar-refractivity contribution is 5.83. The van der Waals surface area contributed by atoms with Crippen molar-refractivity contribution in [3.8, 4) is 0 Å². The van der Waals surface area contributed by atoms with Gasteiger partial charge in [-0.2, -0.15) is 0 Å². The summed E-state index contributed by atoms with van der Waals surface area (Å²) < 4.78 is 0. The van der Waals surface area contributed by atoms with Gasteiger partial charge in [-0.3, -0.25) is 4.79 Å². The molecule has 4 heteroatoms. The standard InChI is InChI=1S/C23H35N3O/c1-22(2,3)17-4-6-19(7-5-17)26-14-8-18(9-15-26)25-21(27)20-16-23(20)10-12-24-13-11-23/h4-7,18,20,24H,8-16H2,1-3H3,(H,25,27). The van der Waals surface area contributed by atoms with E-state index in [0.29, 0.717) is 17.4 Å². The third kappa shape index (κ3) is 4.01. The van der Waals surface area contributed by atoms with E-state index in [4.69, 9.17) is 0 Å². The minimum Gasteiger partial charge on any atom is -0.371 e. The number of nitrogens with zero attached hydrogens (tertiary/aromatic N) is 1. The van der Waals surface area contributed by atoms with Gasteiger partial charge in [0.05, 0.1) is 0 Å². The van der Waals surface area contributed by atoms with Crippen LogP contribution < -0.4 is 15.5 Å². The van der Waals surface area contributed by atoms with E-state index in [1.165, 1.54) is 24.1 Å². The lowest BCUT2D eigenvalue weighted by molar-refractivity contribution is -0.124. The molecule has 0 radical (unpaired) electrons. The lowest BCUT2D eigenvalue weighted by Crippen LogP contribution is -2.46. The van der Waals surface area contributed by atoms with Gasteiger partial charge in [-0.25, -0.2) is 0 Å². The molecule has 1 aromatic carbocycles. The Hall–Kier alpha value is -1.55. The van der Waals surface area contributed by atoms with Crippen LogP contribution in [0.15, 0.2) is 24.3 Å². The van der Waals surface area contributed by atoms with Gasteiger partial charge in [-0.1, -0.05) is 32.9 Å². The predicted molar refractivity (Wildman–Crippen MR) is 111 cm³/mol. The first-order chi connectivity index (χ1) is 12.9. The van der Waals surface area contributed by atoms with E-state index in [-0.39, 0.29) is 11.3 Å². The number of rotatable bonds is 3. The molecule has 1 spiro atoms. The van der Waals surface area contributed by atoms with E-state index in [0.717, 1.165) is 45.4 Å². The molecule has 2 saturated heterocycles. The first-order valence-corrected chi connectivity index (χ1v) is 10.7. The fourth-order valence-electron chi connectivity index (χ4n) is 4.95.